The maximum Gasteiger partial charge on any atom is 0.293 e. The van der Waals surface area contributed by atoms with Crippen molar-refractivity contribution in [3.63, 3.8) is 0 Å². The van der Waals surface area contributed by atoms with Crippen LogP contribution in [0.4, 0.5) is 11.4 Å². The SMILES string of the molecule is C=C(/C=C(/Cl)C(=C)C)COC=O.CN1CC2(CC(NC(=O)c3ccc(NN)c(N)c3)C2)C1. The average Bonchev–Trinajstić information content (AvgIpc) is 2.69. The summed E-state index contributed by atoms with van der Waals surface area (Å²) in [4.78, 5) is 24.3. The number of nitrogens with two attached hydrogens (primary N) is 2. The largest absolute Gasteiger partial charge is 0.463 e. The summed E-state index contributed by atoms with van der Waals surface area (Å²) in [5, 5.41) is 3.59. The Labute approximate surface area is 194 Å². The van der Waals surface area contributed by atoms with E-state index in [1.807, 2.05) is 0 Å². The van der Waals surface area contributed by atoms with Gasteiger partial charge in [0.15, 0.2) is 0 Å². The summed E-state index contributed by atoms with van der Waals surface area (Å²) in [6, 6.07) is 5.39. The minimum atomic E-state index is -0.0622. The number of carbonyl (C=O) groups is 2. The second-order valence-corrected chi connectivity index (χ2v) is 8.94. The van der Waals surface area contributed by atoms with Gasteiger partial charge >= 0.3 is 0 Å². The van der Waals surface area contributed by atoms with Crippen LogP contribution in [-0.2, 0) is 9.53 Å². The van der Waals surface area contributed by atoms with Gasteiger partial charge in [-0.2, -0.15) is 0 Å². The van der Waals surface area contributed by atoms with Gasteiger partial charge in [0.1, 0.15) is 6.61 Å². The monoisotopic (exact) mass is 461 g/mol. The first kappa shape index (κ1) is 25.5. The fourth-order valence-electron chi connectivity index (χ4n) is 4.03. The number of likely N-dealkylation sites (tertiary alicyclic amines) is 1. The number of carbonyl (C=O) groups excluding carboxylic acids is 2. The lowest BCUT2D eigenvalue weighted by Gasteiger charge is -2.58. The topological polar surface area (TPSA) is 123 Å². The van der Waals surface area contributed by atoms with E-state index in [1.54, 1.807) is 31.2 Å². The number of amides is 1. The van der Waals surface area contributed by atoms with Gasteiger partial charge in [-0.05, 0) is 67.6 Å². The summed E-state index contributed by atoms with van der Waals surface area (Å²) in [5.74, 6) is 5.25. The van der Waals surface area contributed by atoms with Crippen molar-refractivity contribution in [2.45, 2.75) is 25.8 Å². The Morgan fingerprint density at radius 2 is 2.03 bits per heavy atom. The number of nitrogen functional groups attached to an aromatic ring is 2. The van der Waals surface area contributed by atoms with Crippen molar-refractivity contribution in [2.75, 3.05) is 37.9 Å². The average molecular weight is 462 g/mol. The van der Waals surface area contributed by atoms with Gasteiger partial charge in [0, 0.05) is 29.7 Å². The fraction of sp³-hybridized carbons (Fsp3) is 0.391. The highest BCUT2D eigenvalue weighted by molar-refractivity contribution is 6.32. The Kier molecular flexibility index (Phi) is 8.89. The Balaban J connectivity index is 0.000000262. The molecule has 0 unspecified atom stereocenters. The quantitative estimate of drug-likeness (QED) is 0.154. The molecular formula is C23H32ClN5O3. The molecule has 0 atom stereocenters. The van der Waals surface area contributed by atoms with Crippen LogP contribution in [0.2, 0.25) is 0 Å². The van der Waals surface area contributed by atoms with E-state index >= 15 is 0 Å². The number of hydrogen-bond acceptors (Lipinski definition) is 7. The van der Waals surface area contributed by atoms with E-state index in [0.717, 1.165) is 31.5 Å². The number of rotatable bonds is 8. The van der Waals surface area contributed by atoms with Crippen LogP contribution in [0, 0.1) is 5.41 Å². The number of nitrogens with one attached hydrogen (secondary N) is 2. The molecule has 1 aliphatic carbocycles. The summed E-state index contributed by atoms with van der Waals surface area (Å²) in [7, 11) is 2.13. The number of anilines is 2. The number of hydrogen-bond donors (Lipinski definition) is 4. The second kappa shape index (κ2) is 11.2. The van der Waals surface area contributed by atoms with Gasteiger partial charge < -0.3 is 26.1 Å². The van der Waals surface area contributed by atoms with E-state index in [-0.39, 0.29) is 12.5 Å². The third-order valence-electron chi connectivity index (χ3n) is 5.45. The van der Waals surface area contributed by atoms with Gasteiger partial charge in [0.25, 0.3) is 12.4 Å². The van der Waals surface area contributed by atoms with Gasteiger partial charge in [0.05, 0.1) is 11.4 Å². The molecular weight excluding hydrogens is 430 g/mol. The molecule has 1 aromatic carbocycles. The molecule has 0 aromatic heterocycles. The molecule has 8 nitrogen and oxygen atoms in total. The van der Waals surface area contributed by atoms with Gasteiger partial charge in [-0.1, -0.05) is 24.8 Å². The molecule has 1 aliphatic heterocycles. The highest BCUT2D eigenvalue weighted by Crippen LogP contribution is 2.47. The van der Waals surface area contributed by atoms with E-state index in [1.165, 1.54) is 0 Å². The molecule has 1 heterocycles. The maximum atomic E-state index is 12.2. The highest BCUT2D eigenvalue weighted by atomic mass is 35.5. The molecule has 0 bridgehead atoms. The van der Waals surface area contributed by atoms with Gasteiger partial charge in [-0.3, -0.25) is 15.4 Å². The zero-order chi connectivity index (χ0) is 23.9. The van der Waals surface area contributed by atoms with E-state index in [2.05, 4.69) is 40.6 Å². The molecule has 1 saturated carbocycles. The minimum Gasteiger partial charge on any atom is -0.463 e. The van der Waals surface area contributed by atoms with Crippen molar-refractivity contribution in [1.29, 1.82) is 0 Å². The molecule has 2 aliphatic rings. The summed E-state index contributed by atoms with van der Waals surface area (Å²) in [6.07, 6.45) is 3.79. The van der Waals surface area contributed by atoms with Crippen LogP contribution in [0.3, 0.4) is 0 Å². The van der Waals surface area contributed by atoms with Crippen LogP contribution in [-0.4, -0.2) is 50.1 Å². The van der Waals surface area contributed by atoms with Crippen molar-refractivity contribution in [3.8, 4) is 0 Å². The van der Waals surface area contributed by atoms with Crippen molar-refractivity contribution >= 4 is 35.4 Å². The Hall–Kier alpha value is -2.81. The Morgan fingerprint density at radius 1 is 1.38 bits per heavy atom. The van der Waals surface area contributed by atoms with Crippen molar-refractivity contribution in [3.05, 3.63) is 59.2 Å². The summed E-state index contributed by atoms with van der Waals surface area (Å²) < 4.78 is 4.46. The lowest BCUT2D eigenvalue weighted by molar-refractivity contribution is -0.127. The molecule has 2 fully saturated rings. The molecule has 0 radical (unpaired) electrons. The zero-order valence-electron chi connectivity index (χ0n) is 18.6. The van der Waals surface area contributed by atoms with E-state index < -0.39 is 0 Å². The number of halogens is 1. The lowest BCUT2D eigenvalue weighted by atomic mass is 9.61. The number of hydrazine groups is 1. The molecule has 6 N–H and O–H groups in total. The van der Waals surface area contributed by atoms with E-state index in [0.29, 0.717) is 45.5 Å². The molecule has 1 spiro atoms. The highest BCUT2D eigenvalue weighted by Gasteiger charge is 2.51. The van der Waals surface area contributed by atoms with Crippen molar-refractivity contribution in [2.24, 2.45) is 11.3 Å². The molecule has 3 rings (SSSR count). The summed E-state index contributed by atoms with van der Waals surface area (Å²) >= 11 is 5.75. The summed E-state index contributed by atoms with van der Waals surface area (Å²) in [5.41, 5.74) is 11.8. The van der Waals surface area contributed by atoms with Crippen molar-refractivity contribution in [1.82, 2.24) is 10.2 Å². The molecule has 32 heavy (non-hydrogen) atoms. The number of allylic oxidation sites excluding steroid dienone is 2. The number of nitrogens with zero attached hydrogens (tertiary/aromatic N) is 1. The summed E-state index contributed by atoms with van der Waals surface area (Å²) in [6.45, 7) is 11.9. The van der Waals surface area contributed by atoms with Gasteiger partial charge in [0.2, 0.25) is 0 Å². The lowest BCUT2D eigenvalue weighted by Crippen LogP contribution is -2.65. The molecule has 1 saturated heterocycles. The predicted octanol–water partition coefficient (Wildman–Crippen LogP) is 2.79. The smallest absolute Gasteiger partial charge is 0.293 e. The normalized spacial score (nSPS) is 17.2. The Morgan fingerprint density at radius 3 is 2.53 bits per heavy atom. The fourth-order valence-corrected chi connectivity index (χ4v) is 4.19. The second-order valence-electron chi connectivity index (χ2n) is 8.54. The minimum absolute atomic E-state index is 0.0622. The standard InChI is InChI=1S/C14H21N5O.C9H11ClO2/c1-19-7-14(8-19)5-10(6-14)17-13(20)9-2-3-12(18-16)11(15)4-9;1-7(2)9(10)4-8(3)5-12-6-11/h2-4,10,18H,5-8,15-16H2,1H3,(H,17,20);4,6H,1,3,5H2,2H3/b;9-4+. The number of benzene rings is 1. The van der Waals surface area contributed by atoms with Gasteiger partial charge in [-0.15, -0.1) is 0 Å². The molecule has 1 amide bonds. The van der Waals surface area contributed by atoms with Crippen LogP contribution in [0.15, 0.2) is 53.6 Å². The first-order valence-electron chi connectivity index (χ1n) is 10.2. The first-order valence-corrected chi connectivity index (χ1v) is 10.6. The molecule has 9 heteroatoms. The maximum absolute atomic E-state index is 12.2. The van der Waals surface area contributed by atoms with E-state index in [4.69, 9.17) is 23.2 Å². The van der Waals surface area contributed by atoms with Gasteiger partial charge in [-0.25, -0.2) is 0 Å². The van der Waals surface area contributed by atoms with Crippen LogP contribution in [0.1, 0.15) is 30.1 Å². The van der Waals surface area contributed by atoms with E-state index in [9.17, 15) is 9.59 Å². The third-order valence-corrected chi connectivity index (χ3v) is 5.88. The zero-order valence-corrected chi connectivity index (χ0v) is 19.4. The Bertz CT molecular complexity index is 901. The van der Waals surface area contributed by atoms with Crippen LogP contribution < -0.4 is 22.3 Å². The van der Waals surface area contributed by atoms with Crippen LogP contribution in [0.5, 0.6) is 0 Å². The van der Waals surface area contributed by atoms with Crippen LogP contribution in [0.25, 0.3) is 0 Å². The third kappa shape index (κ3) is 6.85. The van der Waals surface area contributed by atoms with Crippen molar-refractivity contribution < 1.29 is 14.3 Å². The van der Waals surface area contributed by atoms with Crippen LogP contribution >= 0.6 is 11.6 Å². The molecule has 174 valence electrons. The predicted molar refractivity (Wildman–Crippen MR) is 129 cm³/mol. The molecule has 1 aromatic rings. The number of ether oxygens (including phenoxy) is 1. The first-order chi connectivity index (χ1) is 15.1.